The summed E-state index contributed by atoms with van der Waals surface area (Å²) in [5.41, 5.74) is 0.215. The van der Waals surface area contributed by atoms with Crippen LogP contribution < -0.4 is 4.74 Å². The van der Waals surface area contributed by atoms with E-state index in [4.69, 9.17) is 13.9 Å². The molecule has 6 nitrogen and oxygen atoms in total. The minimum atomic E-state index is -0.459. The van der Waals surface area contributed by atoms with Gasteiger partial charge < -0.3 is 18.8 Å². The summed E-state index contributed by atoms with van der Waals surface area (Å²) in [6.07, 6.45) is 3.38. The van der Waals surface area contributed by atoms with Crippen LogP contribution in [0.3, 0.4) is 0 Å². The zero-order valence-corrected chi connectivity index (χ0v) is 14.1. The first-order valence-electron chi connectivity index (χ1n) is 8.40. The fourth-order valence-electron chi connectivity index (χ4n) is 2.73. The maximum atomic E-state index is 13.5. The highest BCUT2D eigenvalue weighted by atomic mass is 19.1. The molecule has 25 heavy (non-hydrogen) atoms. The maximum absolute atomic E-state index is 13.5. The van der Waals surface area contributed by atoms with Crippen LogP contribution in [-0.2, 0) is 11.3 Å². The van der Waals surface area contributed by atoms with Gasteiger partial charge in [-0.3, -0.25) is 4.79 Å². The zero-order valence-electron chi connectivity index (χ0n) is 14.1. The van der Waals surface area contributed by atoms with Crippen LogP contribution >= 0.6 is 0 Å². The van der Waals surface area contributed by atoms with Crippen LogP contribution in [-0.4, -0.2) is 41.6 Å². The van der Waals surface area contributed by atoms with Crippen molar-refractivity contribution in [3.05, 3.63) is 47.9 Å². The van der Waals surface area contributed by atoms with E-state index >= 15 is 0 Å². The van der Waals surface area contributed by atoms with Crippen LogP contribution in [0, 0.1) is 5.82 Å². The number of carbonyl (C=O) groups is 1. The molecule has 1 saturated heterocycles. The molecular weight excluding hydrogens is 327 g/mol. The molecule has 0 spiro atoms. The molecule has 0 bridgehead atoms. The number of halogens is 1. The van der Waals surface area contributed by atoms with Gasteiger partial charge in [-0.25, -0.2) is 9.37 Å². The van der Waals surface area contributed by atoms with Crippen LogP contribution in [0.25, 0.3) is 0 Å². The second-order valence-electron chi connectivity index (χ2n) is 5.82. The van der Waals surface area contributed by atoms with Crippen LogP contribution in [0.15, 0.2) is 34.9 Å². The average Bonchev–Trinajstić information content (AvgIpc) is 3.30. The number of para-hydroxylation sites is 1. The number of carbonyl (C=O) groups excluding carboxylic acids is 1. The molecule has 0 unspecified atom stereocenters. The van der Waals surface area contributed by atoms with Crippen molar-refractivity contribution in [2.24, 2.45) is 0 Å². The van der Waals surface area contributed by atoms with Gasteiger partial charge in [0.25, 0.3) is 5.91 Å². The van der Waals surface area contributed by atoms with Crippen molar-refractivity contribution in [3.8, 4) is 5.75 Å². The van der Waals surface area contributed by atoms with Gasteiger partial charge >= 0.3 is 0 Å². The van der Waals surface area contributed by atoms with Gasteiger partial charge in [0.2, 0.25) is 5.89 Å². The minimum absolute atomic E-state index is 0.0495. The average molecular weight is 348 g/mol. The Kier molecular flexibility index (Phi) is 5.65. The number of ether oxygens (including phenoxy) is 2. The minimum Gasteiger partial charge on any atom is -0.481 e. The van der Waals surface area contributed by atoms with E-state index in [1.165, 1.54) is 18.4 Å². The first-order valence-corrected chi connectivity index (χ1v) is 8.40. The topological polar surface area (TPSA) is 64.8 Å². The SMILES string of the molecule is CCN(C[C@@H]1CCCO1)C(=O)c1coc(COc2ccccc2F)n1. The van der Waals surface area contributed by atoms with Gasteiger partial charge in [-0.1, -0.05) is 12.1 Å². The largest absolute Gasteiger partial charge is 0.481 e. The van der Waals surface area contributed by atoms with E-state index in [1.54, 1.807) is 17.0 Å². The van der Waals surface area contributed by atoms with Crippen molar-refractivity contribution in [2.45, 2.75) is 32.5 Å². The molecular formula is C18H21FN2O4. The quantitative estimate of drug-likeness (QED) is 0.769. The molecule has 0 saturated carbocycles. The van der Waals surface area contributed by atoms with Crippen molar-refractivity contribution in [3.63, 3.8) is 0 Å². The molecule has 1 aliphatic heterocycles. The molecule has 2 aromatic rings. The van der Waals surface area contributed by atoms with Gasteiger partial charge in [0.1, 0.15) is 6.26 Å². The molecule has 0 N–H and O–H groups in total. The first kappa shape index (κ1) is 17.4. The fourth-order valence-corrected chi connectivity index (χ4v) is 2.73. The number of hydrogen-bond acceptors (Lipinski definition) is 5. The van der Waals surface area contributed by atoms with Crippen LogP contribution in [0.1, 0.15) is 36.1 Å². The van der Waals surface area contributed by atoms with Gasteiger partial charge in [-0.15, -0.1) is 0 Å². The lowest BCUT2D eigenvalue weighted by Crippen LogP contribution is -2.37. The Bertz CT molecular complexity index is 713. The van der Waals surface area contributed by atoms with E-state index in [0.717, 1.165) is 19.4 Å². The van der Waals surface area contributed by atoms with Gasteiger partial charge in [-0.05, 0) is 31.9 Å². The Morgan fingerprint density at radius 3 is 3.00 bits per heavy atom. The Morgan fingerprint density at radius 2 is 2.28 bits per heavy atom. The van der Waals surface area contributed by atoms with Crippen molar-refractivity contribution < 1.29 is 23.1 Å². The Morgan fingerprint density at radius 1 is 1.44 bits per heavy atom. The summed E-state index contributed by atoms with van der Waals surface area (Å²) >= 11 is 0. The van der Waals surface area contributed by atoms with Gasteiger partial charge in [0, 0.05) is 19.7 Å². The fraction of sp³-hybridized carbons (Fsp3) is 0.444. The third-order valence-corrected chi connectivity index (χ3v) is 4.08. The molecule has 1 aromatic heterocycles. The molecule has 1 fully saturated rings. The number of nitrogens with zero attached hydrogens (tertiary/aromatic N) is 2. The highest BCUT2D eigenvalue weighted by Crippen LogP contribution is 2.18. The van der Waals surface area contributed by atoms with E-state index in [9.17, 15) is 9.18 Å². The summed E-state index contributed by atoms with van der Waals surface area (Å²) < 4.78 is 29.7. The smallest absolute Gasteiger partial charge is 0.275 e. The Balaban J connectivity index is 1.59. The first-order chi connectivity index (χ1) is 12.2. The number of amides is 1. The maximum Gasteiger partial charge on any atom is 0.275 e. The summed E-state index contributed by atoms with van der Waals surface area (Å²) in [6, 6.07) is 6.08. The molecule has 1 atom stereocenters. The summed E-state index contributed by atoms with van der Waals surface area (Å²) in [5.74, 6) is -0.333. The number of oxazole rings is 1. The number of aromatic nitrogens is 1. The van der Waals surface area contributed by atoms with Crippen molar-refractivity contribution in [2.75, 3.05) is 19.7 Å². The Hall–Kier alpha value is -2.41. The standard InChI is InChI=1S/C18H21FN2O4/c1-2-21(10-13-6-5-9-23-13)18(22)15-11-25-17(20-15)12-24-16-8-4-3-7-14(16)19/h3-4,7-8,11,13H,2,5-6,9-10,12H2,1H3/t13-/m0/s1. The highest BCUT2D eigenvalue weighted by Gasteiger charge is 2.24. The van der Waals surface area contributed by atoms with Gasteiger partial charge in [-0.2, -0.15) is 0 Å². The molecule has 2 heterocycles. The van der Waals surface area contributed by atoms with Crippen molar-refractivity contribution in [1.82, 2.24) is 9.88 Å². The summed E-state index contributed by atoms with van der Waals surface area (Å²) in [7, 11) is 0. The molecule has 1 aromatic carbocycles. The molecule has 1 aliphatic rings. The monoisotopic (exact) mass is 348 g/mol. The molecule has 134 valence electrons. The summed E-state index contributed by atoms with van der Waals surface area (Å²) in [4.78, 5) is 18.4. The molecule has 0 radical (unpaired) electrons. The normalized spacial score (nSPS) is 16.8. The van der Waals surface area contributed by atoms with Gasteiger partial charge in [0.15, 0.2) is 23.9 Å². The summed E-state index contributed by atoms with van der Waals surface area (Å²) in [5, 5.41) is 0. The second-order valence-corrected chi connectivity index (χ2v) is 5.82. The van der Waals surface area contributed by atoms with E-state index in [0.29, 0.717) is 13.1 Å². The Labute approximate surface area is 145 Å². The third-order valence-electron chi connectivity index (χ3n) is 4.08. The van der Waals surface area contributed by atoms with E-state index < -0.39 is 5.82 Å². The summed E-state index contributed by atoms with van der Waals surface area (Å²) in [6.45, 7) is 3.72. The predicted octanol–water partition coefficient (Wildman–Crippen LogP) is 3.03. The molecule has 3 rings (SSSR count). The van der Waals surface area contributed by atoms with Crippen LogP contribution in [0.4, 0.5) is 4.39 Å². The number of benzene rings is 1. The second kappa shape index (κ2) is 8.11. The third kappa shape index (κ3) is 4.36. The highest BCUT2D eigenvalue weighted by molar-refractivity contribution is 5.92. The van der Waals surface area contributed by atoms with E-state index in [1.807, 2.05) is 6.92 Å². The van der Waals surface area contributed by atoms with E-state index in [2.05, 4.69) is 4.98 Å². The lowest BCUT2D eigenvalue weighted by molar-refractivity contribution is 0.0534. The van der Waals surface area contributed by atoms with E-state index in [-0.39, 0.29) is 36.0 Å². The lowest BCUT2D eigenvalue weighted by Gasteiger charge is -2.22. The van der Waals surface area contributed by atoms with Crippen molar-refractivity contribution in [1.29, 1.82) is 0 Å². The molecule has 0 aliphatic carbocycles. The number of likely N-dealkylation sites (N-methyl/N-ethyl adjacent to an activating group) is 1. The van der Waals surface area contributed by atoms with Crippen LogP contribution in [0.5, 0.6) is 5.75 Å². The van der Waals surface area contributed by atoms with Crippen molar-refractivity contribution >= 4 is 5.91 Å². The molecule has 7 heteroatoms. The molecule has 1 amide bonds. The van der Waals surface area contributed by atoms with Gasteiger partial charge in [0.05, 0.1) is 6.10 Å². The lowest BCUT2D eigenvalue weighted by atomic mass is 10.2. The predicted molar refractivity (Wildman–Crippen MR) is 87.8 cm³/mol. The zero-order chi connectivity index (χ0) is 17.6. The number of rotatable bonds is 7. The van der Waals surface area contributed by atoms with Crippen LogP contribution in [0.2, 0.25) is 0 Å². The number of hydrogen-bond donors (Lipinski definition) is 0.